The zero-order valence-electron chi connectivity index (χ0n) is 19.5. The van der Waals surface area contributed by atoms with Crippen molar-refractivity contribution in [2.45, 2.75) is 83.7 Å². The summed E-state index contributed by atoms with van der Waals surface area (Å²) in [4.78, 5) is 27.3. The van der Waals surface area contributed by atoms with Crippen LogP contribution in [-0.4, -0.2) is 30.5 Å². The predicted octanol–water partition coefficient (Wildman–Crippen LogP) is 5.01. The van der Waals surface area contributed by atoms with Crippen molar-refractivity contribution < 1.29 is 14.3 Å². The number of benzene rings is 1. The van der Waals surface area contributed by atoms with Crippen LogP contribution < -0.4 is 15.4 Å². The van der Waals surface area contributed by atoms with Crippen LogP contribution in [0.5, 0.6) is 5.75 Å². The van der Waals surface area contributed by atoms with Crippen molar-refractivity contribution in [3.63, 3.8) is 0 Å². The summed E-state index contributed by atoms with van der Waals surface area (Å²) >= 11 is 1.66. The van der Waals surface area contributed by atoms with Gasteiger partial charge in [-0.25, -0.2) is 0 Å². The van der Waals surface area contributed by atoms with Gasteiger partial charge in [-0.3, -0.25) is 9.59 Å². The minimum atomic E-state index is -0.122. The molecule has 172 valence electrons. The Bertz CT molecular complexity index is 989. The second kappa shape index (κ2) is 9.26. The van der Waals surface area contributed by atoms with E-state index in [4.69, 9.17) is 4.74 Å². The maximum Gasteiger partial charge on any atom is 0.261 e. The van der Waals surface area contributed by atoms with E-state index in [0.717, 1.165) is 41.9 Å². The number of hydrogen-bond donors (Lipinski definition) is 2. The van der Waals surface area contributed by atoms with Gasteiger partial charge in [0.05, 0.1) is 11.5 Å². The molecule has 0 bridgehead atoms. The molecular formula is C26H34N2O3S. The second-order valence-electron chi connectivity index (χ2n) is 9.87. The average molecular weight is 455 g/mol. The van der Waals surface area contributed by atoms with Crippen molar-refractivity contribution in [3.8, 4) is 5.75 Å². The number of amides is 2. The van der Waals surface area contributed by atoms with E-state index >= 15 is 0 Å². The monoisotopic (exact) mass is 454 g/mol. The van der Waals surface area contributed by atoms with Crippen LogP contribution in [0.3, 0.4) is 0 Å². The van der Waals surface area contributed by atoms with Gasteiger partial charge in [0.2, 0.25) is 0 Å². The van der Waals surface area contributed by atoms with Gasteiger partial charge in [0.25, 0.3) is 11.8 Å². The Morgan fingerprint density at radius 1 is 1.09 bits per heavy atom. The van der Waals surface area contributed by atoms with Crippen LogP contribution in [-0.2, 0) is 18.3 Å². The van der Waals surface area contributed by atoms with Crippen LogP contribution in [0.15, 0.2) is 24.3 Å². The van der Waals surface area contributed by atoms with Crippen LogP contribution in [0.25, 0.3) is 0 Å². The number of fused-ring (bicyclic) bond motifs is 2. The Labute approximate surface area is 194 Å². The summed E-state index contributed by atoms with van der Waals surface area (Å²) in [6, 6.07) is 8.03. The molecule has 0 fully saturated rings. The Hall–Kier alpha value is -2.34. The maximum absolute atomic E-state index is 12.8. The second-order valence-corrected chi connectivity index (χ2v) is 11.0. The van der Waals surface area contributed by atoms with Crippen molar-refractivity contribution in [1.29, 1.82) is 0 Å². The van der Waals surface area contributed by atoms with Gasteiger partial charge in [-0.15, -0.1) is 11.3 Å². The summed E-state index contributed by atoms with van der Waals surface area (Å²) in [5.74, 6) is 0.766. The van der Waals surface area contributed by atoms with E-state index in [-0.39, 0.29) is 29.3 Å². The van der Waals surface area contributed by atoms with Gasteiger partial charge in [0, 0.05) is 33.5 Å². The molecule has 32 heavy (non-hydrogen) atoms. The Morgan fingerprint density at radius 2 is 1.88 bits per heavy atom. The zero-order chi connectivity index (χ0) is 22.9. The van der Waals surface area contributed by atoms with Gasteiger partial charge in [0.1, 0.15) is 5.75 Å². The first-order valence-corrected chi connectivity index (χ1v) is 12.6. The quantitative estimate of drug-likeness (QED) is 0.618. The van der Waals surface area contributed by atoms with Crippen LogP contribution >= 0.6 is 11.3 Å². The van der Waals surface area contributed by atoms with Gasteiger partial charge in [-0.1, -0.05) is 13.0 Å². The van der Waals surface area contributed by atoms with E-state index < -0.39 is 0 Å². The molecular weight excluding hydrogens is 420 g/mol. The Morgan fingerprint density at radius 3 is 2.62 bits per heavy atom. The molecule has 2 atom stereocenters. The molecule has 6 heteroatoms. The number of carbonyl (C=O) groups excluding carboxylic acids is 2. The van der Waals surface area contributed by atoms with Crippen LogP contribution in [0.1, 0.15) is 89.4 Å². The molecule has 2 N–H and O–H groups in total. The lowest BCUT2D eigenvalue weighted by molar-refractivity contribution is 0.0932. The number of carbonyl (C=O) groups is 2. The molecule has 2 amide bonds. The lowest BCUT2D eigenvalue weighted by Crippen LogP contribution is -2.34. The van der Waals surface area contributed by atoms with Gasteiger partial charge in [0.15, 0.2) is 0 Å². The summed E-state index contributed by atoms with van der Waals surface area (Å²) in [7, 11) is 0. The van der Waals surface area contributed by atoms with Gasteiger partial charge >= 0.3 is 0 Å². The summed E-state index contributed by atoms with van der Waals surface area (Å²) in [6.07, 6.45) is 6.45. The lowest BCUT2D eigenvalue weighted by Gasteiger charge is -2.25. The smallest absolute Gasteiger partial charge is 0.261 e. The third-order valence-corrected chi connectivity index (χ3v) is 7.82. The molecule has 2 aromatic rings. The zero-order valence-corrected chi connectivity index (χ0v) is 20.4. The highest BCUT2D eigenvalue weighted by atomic mass is 32.1. The van der Waals surface area contributed by atoms with E-state index in [1.54, 1.807) is 11.3 Å². The largest absolute Gasteiger partial charge is 0.492 e. The summed E-state index contributed by atoms with van der Waals surface area (Å²) in [5, 5.41) is 6.11. The van der Waals surface area contributed by atoms with Crippen molar-refractivity contribution >= 4 is 23.2 Å². The molecule has 0 saturated heterocycles. The number of nitrogens with one attached hydrogen (secondary N) is 2. The third kappa shape index (κ3) is 4.85. The van der Waals surface area contributed by atoms with Crippen molar-refractivity contribution in [2.75, 3.05) is 6.61 Å². The fourth-order valence-corrected chi connectivity index (χ4v) is 5.81. The molecule has 1 aliphatic carbocycles. The van der Waals surface area contributed by atoms with Gasteiger partial charge in [-0.2, -0.15) is 0 Å². The number of rotatable bonds is 7. The van der Waals surface area contributed by atoms with Gasteiger partial charge in [-0.05, 0) is 83.1 Å². The van der Waals surface area contributed by atoms with E-state index in [0.29, 0.717) is 12.2 Å². The highest BCUT2D eigenvalue weighted by molar-refractivity contribution is 7.14. The standard InChI is InChI=1S/C26H34N2O3S/c1-16(2)27-24(29)19-9-10-20-21(13-19)31-15-26(20,4)12-11-17(3)28-25(30)23-14-18-7-5-6-8-22(18)32-23/h9-10,13-14,16-17H,5-8,11-12,15H2,1-4H3,(H,27,29)(H,28,30). The van der Waals surface area contributed by atoms with E-state index in [1.807, 2.05) is 32.0 Å². The van der Waals surface area contributed by atoms with Crippen LogP contribution in [0.4, 0.5) is 0 Å². The SMILES string of the molecule is CC(C)NC(=O)c1ccc2c(c1)OCC2(C)CCC(C)NC(=O)c1cc2c(s1)CCCC2. The normalized spacial score (nSPS) is 20.3. The van der Waals surface area contributed by atoms with E-state index in [1.165, 1.54) is 23.3 Å². The highest BCUT2D eigenvalue weighted by Gasteiger charge is 2.36. The van der Waals surface area contributed by atoms with E-state index in [9.17, 15) is 9.59 Å². The summed E-state index contributed by atoms with van der Waals surface area (Å²) in [6.45, 7) is 8.77. The minimum Gasteiger partial charge on any atom is -0.492 e. The molecule has 4 rings (SSSR count). The highest BCUT2D eigenvalue weighted by Crippen LogP contribution is 2.42. The number of thiophene rings is 1. The van der Waals surface area contributed by atoms with Crippen LogP contribution in [0, 0.1) is 0 Å². The summed E-state index contributed by atoms with van der Waals surface area (Å²) < 4.78 is 5.97. The van der Waals surface area contributed by atoms with Gasteiger partial charge < -0.3 is 15.4 Å². The molecule has 1 aromatic carbocycles. The molecule has 2 unspecified atom stereocenters. The maximum atomic E-state index is 12.8. The first kappa shape index (κ1) is 22.8. The lowest BCUT2D eigenvalue weighted by atomic mass is 9.79. The minimum absolute atomic E-state index is 0.0472. The van der Waals surface area contributed by atoms with Crippen molar-refractivity contribution in [2.24, 2.45) is 0 Å². The average Bonchev–Trinajstić information content (AvgIpc) is 3.33. The predicted molar refractivity (Wildman–Crippen MR) is 129 cm³/mol. The first-order chi connectivity index (χ1) is 15.2. The fourth-order valence-electron chi connectivity index (χ4n) is 4.65. The Balaban J connectivity index is 1.35. The van der Waals surface area contributed by atoms with Crippen molar-refractivity contribution in [1.82, 2.24) is 10.6 Å². The summed E-state index contributed by atoms with van der Waals surface area (Å²) in [5.41, 5.74) is 3.01. The molecule has 2 aliphatic rings. The van der Waals surface area contributed by atoms with Crippen molar-refractivity contribution in [3.05, 3.63) is 50.7 Å². The molecule has 0 saturated carbocycles. The molecule has 0 radical (unpaired) electrons. The van der Waals surface area contributed by atoms with Crippen LogP contribution in [0.2, 0.25) is 0 Å². The number of hydrogen-bond acceptors (Lipinski definition) is 4. The molecule has 5 nitrogen and oxygen atoms in total. The first-order valence-electron chi connectivity index (χ1n) is 11.8. The molecule has 0 spiro atoms. The molecule has 2 heterocycles. The topological polar surface area (TPSA) is 67.4 Å². The fraction of sp³-hybridized carbons (Fsp3) is 0.538. The Kier molecular flexibility index (Phi) is 6.61. The number of ether oxygens (including phenoxy) is 1. The third-order valence-electron chi connectivity index (χ3n) is 6.59. The number of aryl methyl sites for hydroxylation is 2. The molecule has 1 aliphatic heterocycles. The molecule has 1 aromatic heterocycles. The van der Waals surface area contributed by atoms with E-state index in [2.05, 4.69) is 30.5 Å².